The van der Waals surface area contributed by atoms with Crippen molar-refractivity contribution in [2.24, 2.45) is 0 Å². The van der Waals surface area contributed by atoms with Crippen LogP contribution in [0.1, 0.15) is 13.8 Å². The number of aldehydes is 1. The van der Waals surface area contributed by atoms with Crippen LogP contribution in [0, 0.1) is 0 Å². The number of carbonyl (C=O) groups excluding carboxylic acids is 1. The van der Waals surface area contributed by atoms with Crippen LogP contribution in [0.25, 0.3) is 0 Å². The predicted molar refractivity (Wildman–Crippen MR) is 43.8 cm³/mol. The van der Waals surface area contributed by atoms with Gasteiger partial charge in [-0.25, -0.2) is 0 Å². The van der Waals surface area contributed by atoms with Crippen molar-refractivity contribution in [3.05, 3.63) is 36.0 Å². The molecule has 54 valence electrons. The summed E-state index contributed by atoms with van der Waals surface area (Å²) in [6.07, 6.45) is 9.61. The molecule has 0 N–H and O–H groups in total. The standard InChI is InChI=1S/C9H12O/c1-9(2)7-5-3-4-6-8-10/h3-8H,1-2H3/b5-3+,6-4+. The second kappa shape index (κ2) is 6.02. The van der Waals surface area contributed by atoms with E-state index < -0.39 is 0 Å². The maximum Gasteiger partial charge on any atom is 0.142 e. The summed E-state index contributed by atoms with van der Waals surface area (Å²) < 4.78 is 0. The Kier molecular flexibility index (Phi) is 5.35. The summed E-state index contributed by atoms with van der Waals surface area (Å²) in [5.41, 5.74) is 1.25. The van der Waals surface area contributed by atoms with Crippen molar-refractivity contribution in [3.63, 3.8) is 0 Å². The summed E-state index contributed by atoms with van der Waals surface area (Å²) in [5, 5.41) is 0. The fourth-order valence-corrected chi connectivity index (χ4v) is 0.422. The van der Waals surface area contributed by atoms with Gasteiger partial charge >= 0.3 is 0 Å². The van der Waals surface area contributed by atoms with E-state index in [1.54, 1.807) is 6.08 Å². The van der Waals surface area contributed by atoms with E-state index in [0.29, 0.717) is 0 Å². The third-order valence-corrected chi connectivity index (χ3v) is 0.841. The second-order valence-corrected chi connectivity index (χ2v) is 2.15. The van der Waals surface area contributed by atoms with Gasteiger partial charge in [0.2, 0.25) is 0 Å². The lowest BCUT2D eigenvalue weighted by molar-refractivity contribution is -0.104. The highest BCUT2D eigenvalue weighted by Gasteiger charge is 1.67. The number of rotatable bonds is 3. The summed E-state index contributed by atoms with van der Waals surface area (Å²) in [6, 6.07) is 0. The van der Waals surface area contributed by atoms with Crippen molar-refractivity contribution in [1.29, 1.82) is 0 Å². The van der Waals surface area contributed by atoms with E-state index in [4.69, 9.17) is 0 Å². The van der Waals surface area contributed by atoms with Crippen molar-refractivity contribution < 1.29 is 4.79 Å². The van der Waals surface area contributed by atoms with Crippen LogP contribution in [0.5, 0.6) is 0 Å². The maximum absolute atomic E-state index is 9.77. The molecule has 1 nitrogen and oxygen atoms in total. The first-order chi connectivity index (χ1) is 4.77. The Balaban J connectivity index is 3.67. The topological polar surface area (TPSA) is 17.1 Å². The maximum atomic E-state index is 9.77. The first-order valence-corrected chi connectivity index (χ1v) is 3.19. The largest absolute Gasteiger partial charge is 0.299 e. The molecule has 0 aromatic carbocycles. The monoisotopic (exact) mass is 136 g/mol. The molecule has 0 fully saturated rings. The zero-order valence-electron chi connectivity index (χ0n) is 6.37. The first-order valence-electron chi connectivity index (χ1n) is 3.19. The third kappa shape index (κ3) is 6.89. The van der Waals surface area contributed by atoms with Crippen LogP contribution in [-0.4, -0.2) is 6.29 Å². The molecule has 0 rings (SSSR count). The Morgan fingerprint density at radius 3 is 2.10 bits per heavy atom. The van der Waals surface area contributed by atoms with Crippen LogP contribution < -0.4 is 0 Å². The van der Waals surface area contributed by atoms with Gasteiger partial charge < -0.3 is 0 Å². The van der Waals surface area contributed by atoms with Gasteiger partial charge in [-0.2, -0.15) is 0 Å². The lowest BCUT2D eigenvalue weighted by Gasteiger charge is -1.79. The normalized spacial score (nSPS) is 10.6. The summed E-state index contributed by atoms with van der Waals surface area (Å²) in [7, 11) is 0. The molecule has 0 saturated heterocycles. The molecule has 0 aliphatic heterocycles. The summed E-state index contributed by atoms with van der Waals surface area (Å²) in [5.74, 6) is 0. The molecule has 0 amide bonds. The van der Waals surface area contributed by atoms with E-state index in [1.165, 1.54) is 11.6 Å². The Bertz CT molecular complexity index is 169. The molecule has 0 aliphatic carbocycles. The van der Waals surface area contributed by atoms with E-state index in [-0.39, 0.29) is 0 Å². The molecule has 0 aromatic heterocycles. The van der Waals surface area contributed by atoms with E-state index >= 15 is 0 Å². The van der Waals surface area contributed by atoms with Crippen LogP contribution >= 0.6 is 0 Å². The molecule has 10 heavy (non-hydrogen) atoms. The smallest absolute Gasteiger partial charge is 0.142 e. The van der Waals surface area contributed by atoms with Crippen molar-refractivity contribution in [1.82, 2.24) is 0 Å². The van der Waals surface area contributed by atoms with Gasteiger partial charge in [0.15, 0.2) is 0 Å². The van der Waals surface area contributed by atoms with Crippen molar-refractivity contribution in [2.45, 2.75) is 13.8 Å². The molecular formula is C9H12O. The van der Waals surface area contributed by atoms with E-state index in [9.17, 15) is 4.79 Å². The minimum Gasteiger partial charge on any atom is -0.299 e. The number of allylic oxidation sites excluding steroid dienone is 6. The van der Waals surface area contributed by atoms with Crippen LogP contribution in [0.4, 0.5) is 0 Å². The van der Waals surface area contributed by atoms with Crippen molar-refractivity contribution in [2.75, 3.05) is 0 Å². The molecular weight excluding hydrogens is 124 g/mol. The molecule has 0 unspecified atom stereocenters. The summed E-state index contributed by atoms with van der Waals surface area (Å²) >= 11 is 0. The number of hydrogen-bond acceptors (Lipinski definition) is 1. The second-order valence-electron chi connectivity index (χ2n) is 2.15. The average molecular weight is 136 g/mol. The zero-order valence-corrected chi connectivity index (χ0v) is 6.37. The molecule has 0 atom stereocenters. The summed E-state index contributed by atoms with van der Waals surface area (Å²) in [4.78, 5) is 9.77. The lowest BCUT2D eigenvalue weighted by atomic mass is 10.3. The lowest BCUT2D eigenvalue weighted by Crippen LogP contribution is -1.59. The fraction of sp³-hybridized carbons (Fsp3) is 0.222. The van der Waals surface area contributed by atoms with Gasteiger partial charge in [0.25, 0.3) is 0 Å². The van der Waals surface area contributed by atoms with Crippen LogP contribution in [0.15, 0.2) is 36.0 Å². The van der Waals surface area contributed by atoms with Gasteiger partial charge in [-0.05, 0) is 19.9 Å². The zero-order chi connectivity index (χ0) is 7.82. The minimum absolute atomic E-state index is 0.757. The summed E-state index contributed by atoms with van der Waals surface area (Å²) in [6.45, 7) is 4.04. The Morgan fingerprint density at radius 2 is 1.60 bits per heavy atom. The predicted octanol–water partition coefficient (Wildman–Crippen LogP) is 2.26. The van der Waals surface area contributed by atoms with Crippen molar-refractivity contribution in [3.8, 4) is 0 Å². The highest BCUT2D eigenvalue weighted by Crippen LogP contribution is 1.88. The van der Waals surface area contributed by atoms with E-state index in [1.807, 2.05) is 32.1 Å². The fourth-order valence-electron chi connectivity index (χ4n) is 0.422. The SMILES string of the molecule is CC(C)=C/C=C/C=C/C=O. The number of carbonyl (C=O) groups is 1. The molecule has 0 bridgehead atoms. The molecule has 0 aliphatic rings. The minimum atomic E-state index is 0.757. The Hall–Kier alpha value is -1.11. The average Bonchev–Trinajstić information content (AvgIpc) is 1.87. The van der Waals surface area contributed by atoms with Gasteiger partial charge in [-0.1, -0.05) is 29.9 Å². The Morgan fingerprint density at radius 1 is 1.00 bits per heavy atom. The van der Waals surface area contributed by atoms with Gasteiger partial charge in [-0.3, -0.25) is 4.79 Å². The Labute approximate surface area is 61.8 Å². The first kappa shape index (κ1) is 8.89. The molecule has 1 heteroatoms. The molecule has 0 heterocycles. The molecule has 0 aromatic rings. The van der Waals surface area contributed by atoms with Gasteiger partial charge in [-0.15, -0.1) is 0 Å². The molecule has 0 saturated carbocycles. The van der Waals surface area contributed by atoms with Crippen LogP contribution in [0.3, 0.4) is 0 Å². The molecule has 0 radical (unpaired) electrons. The van der Waals surface area contributed by atoms with Crippen LogP contribution in [0.2, 0.25) is 0 Å². The van der Waals surface area contributed by atoms with Crippen molar-refractivity contribution >= 4 is 6.29 Å². The van der Waals surface area contributed by atoms with Gasteiger partial charge in [0, 0.05) is 0 Å². The number of hydrogen-bond donors (Lipinski definition) is 0. The highest BCUT2D eigenvalue weighted by atomic mass is 16.1. The molecule has 0 spiro atoms. The quantitative estimate of drug-likeness (QED) is 0.330. The third-order valence-electron chi connectivity index (χ3n) is 0.841. The van der Waals surface area contributed by atoms with E-state index in [0.717, 1.165) is 6.29 Å². The highest BCUT2D eigenvalue weighted by molar-refractivity contribution is 5.65. The van der Waals surface area contributed by atoms with Crippen LogP contribution in [-0.2, 0) is 4.79 Å². The van der Waals surface area contributed by atoms with Gasteiger partial charge in [0.1, 0.15) is 6.29 Å². The van der Waals surface area contributed by atoms with E-state index in [2.05, 4.69) is 0 Å². The van der Waals surface area contributed by atoms with Gasteiger partial charge in [0.05, 0.1) is 0 Å².